The number of aryl methyl sites for hydroxylation is 1. The van der Waals surface area contributed by atoms with Gasteiger partial charge in [-0.1, -0.05) is 5.16 Å². The van der Waals surface area contributed by atoms with Crippen LogP contribution in [0.25, 0.3) is 0 Å². The van der Waals surface area contributed by atoms with Crippen LogP contribution in [0.5, 0.6) is 0 Å². The Balaban J connectivity index is 2.40. The highest BCUT2D eigenvalue weighted by molar-refractivity contribution is 7.90. The number of sulfonamides is 1. The minimum absolute atomic E-state index is 0.342. The molecule has 1 N–H and O–H groups in total. The SMILES string of the molecule is Cc1cc(CCNS(=O)(=O)C(C)C)on1. The lowest BCUT2D eigenvalue weighted by Gasteiger charge is -2.07. The molecule has 1 aromatic heterocycles. The molecule has 0 fully saturated rings. The van der Waals surface area contributed by atoms with E-state index in [2.05, 4.69) is 9.88 Å². The molecule has 0 unspecified atom stereocenters. The van der Waals surface area contributed by atoms with Crippen LogP contribution in [0.1, 0.15) is 25.3 Å². The van der Waals surface area contributed by atoms with Crippen LogP contribution in [0.3, 0.4) is 0 Å². The van der Waals surface area contributed by atoms with Crippen LogP contribution < -0.4 is 4.72 Å². The summed E-state index contributed by atoms with van der Waals surface area (Å²) in [4.78, 5) is 0. The van der Waals surface area contributed by atoms with Gasteiger partial charge in [0.25, 0.3) is 0 Å². The van der Waals surface area contributed by atoms with Gasteiger partial charge in [-0.25, -0.2) is 13.1 Å². The maximum absolute atomic E-state index is 11.4. The Morgan fingerprint density at radius 3 is 2.67 bits per heavy atom. The topological polar surface area (TPSA) is 72.2 Å². The van der Waals surface area contributed by atoms with Gasteiger partial charge in [0, 0.05) is 19.0 Å². The maximum atomic E-state index is 11.4. The second-order valence-corrected chi connectivity index (χ2v) is 5.99. The quantitative estimate of drug-likeness (QED) is 0.817. The van der Waals surface area contributed by atoms with Crippen molar-refractivity contribution < 1.29 is 12.9 Å². The van der Waals surface area contributed by atoms with Crippen LogP contribution in [0.2, 0.25) is 0 Å². The van der Waals surface area contributed by atoms with Crippen LogP contribution in [-0.2, 0) is 16.4 Å². The summed E-state index contributed by atoms with van der Waals surface area (Å²) in [6.45, 7) is 5.45. The summed E-state index contributed by atoms with van der Waals surface area (Å²) < 4.78 is 30.2. The van der Waals surface area contributed by atoms with Gasteiger partial charge in [0.1, 0.15) is 5.76 Å². The Morgan fingerprint density at radius 2 is 2.20 bits per heavy atom. The predicted octanol–water partition coefficient (Wildman–Crippen LogP) is 0.853. The highest BCUT2D eigenvalue weighted by Gasteiger charge is 2.14. The molecule has 0 atom stereocenters. The Bertz CT molecular complexity index is 409. The summed E-state index contributed by atoms with van der Waals surface area (Å²) in [6.07, 6.45) is 0.521. The van der Waals surface area contributed by atoms with E-state index in [0.29, 0.717) is 18.7 Å². The number of nitrogens with one attached hydrogen (secondary N) is 1. The molecule has 0 radical (unpaired) electrons. The smallest absolute Gasteiger partial charge is 0.213 e. The second-order valence-electron chi connectivity index (χ2n) is 3.67. The van der Waals surface area contributed by atoms with E-state index in [1.807, 2.05) is 6.92 Å². The van der Waals surface area contributed by atoms with Gasteiger partial charge in [-0.05, 0) is 20.8 Å². The first-order chi connectivity index (χ1) is 6.92. The standard InChI is InChI=1S/C9H16N2O3S/c1-7(2)15(12,13)10-5-4-9-6-8(3)11-14-9/h6-7,10H,4-5H2,1-3H3. The molecule has 0 aromatic carbocycles. The van der Waals surface area contributed by atoms with E-state index in [4.69, 9.17) is 4.52 Å². The maximum Gasteiger partial charge on any atom is 0.213 e. The third kappa shape index (κ3) is 3.64. The molecule has 0 aliphatic heterocycles. The van der Waals surface area contributed by atoms with Crippen LogP contribution in [0.15, 0.2) is 10.6 Å². The Labute approximate surface area is 89.9 Å². The molecule has 0 saturated carbocycles. The summed E-state index contributed by atoms with van der Waals surface area (Å²) in [5.74, 6) is 0.693. The molecule has 0 aliphatic carbocycles. The molecule has 0 amide bonds. The first kappa shape index (κ1) is 12.2. The first-order valence-corrected chi connectivity index (χ1v) is 6.37. The highest BCUT2D eigenvalue weighted by Crippen LogP contribution is 2.03. The van der Waals surface area contributed by atoms with Crippen molar-refractivity contribution in [3.8, 4) is 0 Å². The van der Waals surface area contributed by atoms with Crippen molar-refractivity contribution in [2.75, 3.05) is 6.54 Å². The third-order valence-electron chi connectivity index (χ3n) is 1.97. The second kappa shape index (κ2) is 4.76. The zero-order valence-electron chi connectivity index (χ0n) is 9.15. The van der Waals surface area contributed by atoms with Crippen LogP contribution >= 0.6 is 0 Å². The molecular weight excluding hydrogens is 216 g/mol. The summed E-state index contributed by atoms with van der Waals surface area (Å²) in [7, 11) is -3.17. The molecule has 86 valence electrons. The van der Waals surface area contributed by atoms with E-state index >= 15 is 0 Å². The van der Waals surface area contributed by atoms with Gasteiger partial charge in [-0.2, -0.15) is 0 Å². The fourth-order valence-electron chi connectivity index (χ4n) is 1.02. The Hall–Kier alpha value is -0.880. The van der Waals surface area contributed by atoms with Crippen molar-refractivity contribution in [3.63, 3.8) is 0 Å². The lowest BCUT2D eigenvalue weighted by molar-refractivity contribution is 0.379. The largest absolute Gasteiger partial charge is 0.361 e. The highest BCUT2D eigenvalue weighted by atomic mass is 32.2. The lowest BCUT2D eigenvalue weighted by atomic mass is 10.3. The van der Waals surface area contributed by atoms with E-state index in [-0.39, 0.29) is 0 Å². The van der Waals surface area contributed by atoms with E-state index in [1.165, 1.54) is 0 Å². The molecule has 0 saturated heterocycles. The molecule has 0 spiro atoms. The van der Waals surface area contributed by atoms with Crippen molar-refractivity contribution >= 4 is 10.0 Å². The fourth-order valence-corrected chi connectivity index (χ4v) is 1.74. The van der Waals surface area contributed by atoms with Gasteiger partial charge >= 0.3 is 0 Å². The van der Waals surface area contributed by atoms with Crippen LogP contribution in [-0.4, -0.2) is 25.4 Å². The van der Waals surface area contributed by atoms with Gasteiger partial charge in [-0.3, -0.25) is 0 Å². The summed E-state index contributed by atoms with van der Waals surface area (Å²) in [5, 5.41) is 3.31. The minimum Gasteiger partial charge on any atom is -0.361 e. The molecule has 15 heavy (non-hydrogen) atoms. The molecule has 6 heteroatoms. The molecule has 0 bridgehead atoms. The normalized spacial score (nSPS) is 12.3. The molecule has 0 aliphatic rings. The van der Waals surface area contributed by atoms with E-state index in [9.17, 15) is 8.42 Å². The van der Waals surface area contributed by atoms with E-state index < -0.39 is 15.3 Å². The fraction of sp³-hybridized carbons (Fsp3) is 0.667. The van der Waals surface area contributed by atoms with Crippen molar-refractivity contribution in [1.82, 2.24) is 9.88 Å². The summed E-state index contributed by atoms with van der Waals surface area (Å²) in [5.41, 5.74) is 0.803. The van der Waals surface area contributed by atoms with Crippen molar-refractivity contribution in [1.29, 1.82) is 0 Å². The Morgan fingerprint density at radius 1 is 1.53 bits per heavy atom. The van der Waals surface area contributed by atoms with Gasteiger partial charge in [0.15, 0.2) is 0 Å². The first-order valence-electron chi connectivity index (χ1n) is 4.82. The minimum atomic E-state index is -3.17. The molecule has 1 rings (SSSR count). The molecule has 1 aromatic rings. The average Bonchev–Trinajstić information content (AvgIpc) is 2.51. The number of hydrogen-bond acceptors (Lipinski definition) is 4. The van der Waals surface area contributed by atoms with Crippen molar-refractivity contribution in [3.05, 3.63) is 17.5 Å². The zero-order valence-corrected chi connectivity index (χ0v) is 9.97. The van der Waals surface area contributed by atoms with Crippen LogP contribution in [0.4, 0.5) is 0 Å². The third-order valence-corrected chi connectivity index (χ3v) is 3.82. The van der Waals surface area contributed by atoms with Crippen molar-refractivity contribution in [2.45, 2.75) is 32.4 Å². The van der Waals surface area contributed by atoms with Crippen LogP contribution in [0, 0.1) is 6.92 Å². The Kier molecular flexibility index (Phi) is 3.87. The molecule has 1 heterocycles. The van der Waals surface area contributed by atoms with Gasteiger partial charge in [0.05, 0.1) is 10.9 Å². The summed E-state index contributed by atoms with van der Waals surface area (Å²) >= 11 is 0. The zero-order chi connectivity index (χ0) is 11.5. The molecule has 5 nitrogen and oxygen atoms in total. The lowest BCUT2D eigenvalue weighted by Crippen LogP contribution is -2.32. The van der Waals surface area contributed by atoms with Gasteiger partial charge < -0.3 is 4.52 Å². The summed E-state index contributed by atoms with van der Waals surface area (Å²) in [6, 6.07) is 1.80. The monoisotopic (exact) mass is 232 g/mol. The number of hydrogen-bond donors (Lipinski definition) is 1. The average molecular weight is 232 g/mol. The van der Waals surface area contributed by atoms with Crippen molar-refractivity contribution in [2.24, 2.45) is 0 Å². The van der Waals surface area contributed by atoms with Gasteiger partial charge in [-0.15, -0.1) is 0 Å². The number of aromatic nitrogens is 1. The van der Waals surface area contributed by atoms with E-state index in [0.717, 1.165) is 5.69 Å². The van der Waals surface area contributed by atoms with Gasteiger partial charge in [0.2, 0.25) is 10.0 Å². The van der Waals surface area contributed by atoms with E-state index in [1.54, 1.807) is 19.9 Å². The molecular formula is C9H16N2O3S. The predicted molar refractivity (Wildman–Crippen MR) is 57.0 cm³/mol. The number of rotatable bonds is 5. The number of nitrogens with zero attached hydrogens (tertiary/aromatic N) is 1.